The lowest BCUT2D eigenvalue weighted by Crippen LogP contribution is -2.51. The molecule has 1 saturated heterocycles. The van der Waals surface area contributed by atoms with E-state index < -0.39 is 0 Å². The maximum atomic E-state index is 11.6. The number of amides is 2. The maximum Gasteiger partial charge on any atom is 0.242 e. The Morgan fingerprint density at radius 3 is 2.81 bits per heavy atom. The van der Waals surface area contributed by atoms with E-state index in [9.17, 15) is 9.59 Å². The number of benzene rings is 1. The lowest BCUT2D eigenvalue weighted by Gasteiger charge is -2.27. The van der Waals surface area contributed by atoms with Gasteiger partial charge in [-0.15, -0.1) is 0 Å². The SMILES string of the molecule is Cc1ccccc1CN1CC(=O)NCC1=O. The number of hydrogen-bond donors (Lipinski definition) is 1. The van der Waals surface area contributed by atoms with Gasteiger partial charge in [0, 0.05) is 6.54 Å². The van der Waals surface area contributed by atoms with Crippen LogP contribution in [0.5, 0.6) is 0 Å². The maximum absolute atomic E-state index is 11.6. The van der Waals surface area contributed by atoms with Crippen molar-refractivity contribution < 1.29 is 9.59 Å². The van der Waals surface area contributed by atoms with Crippen molar-refractivity contribution in [2.45, 2.75) is 13.5 Å². The van der Waals surface area contributed by atoms with E-state index in [4.69, 9.17) is 0 Å². The summed E-state index contributed by atoms with van der Waals surface area (Å²) in [7, 11) is 0. The van der Waals surface area contributed by atoms with Crippen LogP contribution in [0.3, 0.4) is 0 Å². The van der Waals surface area contributed by atoms with E-state index in [0.717, 1.165) is 11.1 Å². The van der Waals surface area contributed by atoms with Crippen LogP contribution in [0.4, 0.5) is 0 Å². The first kappa shape index (κ1) is 10.7. The summed E-state index contributed by atoms with van der Waals surface area (Å²) in [6.07, 6.45) is 0. The minimum atomic E-state index is -0.0896. The van der Waals surface area contributed by atoms with Crippen LogP contribution in [0.2, 0.25) is 0 Å². The van der Waals surface area contributed by atoms with Crippen molar-refractivity contribution in [2.24, 2.45) is 0 Å². The third-order valence-corrected chi connectivity index (χ3v) is 2.75. The van der Waals surface area contributed by atoms with Crippen LogP contribution >= 0.6 is 0 Å². The van der Waals surface area contributed by atoms with Gasteiger partial charge in [0.25, 0.3) is 0 Å². The summed E-state index contributed by atoms with van der Waals surface area (Å²) < 4.78 is 0. The van der Waals surface area contributed by atoms with Crippen LogP contribution in [0.15, 0.2) is 24.3 Å². The molecule has 0 spiro atoms. The lowest BCUT2D eigenvalue weighted by atomic mass is 10.1. The van der Waals surface area contributed by atoms with Gasteiger partial charge in [0.1, 0.15) is 0 Å². The molecule has 0 aromatic heterocycles. The molecule has 0 unspecified atom stereocenters. The molecule has 0 aliphatic carbocycles. The highest BCUT2D eigenvalue weighted by Gasteiger charge is 2.23. The summed E-state index contributed by atoms with van der Waals surface area (Å²) >= 11 is 0. The van der Waals surface area contributed by atoms with Gasteiger partial charge in [-0.25, -0.2) is 0 Å². The average Bonchev–Trinajstić information content (AvgIpc) is 2.27. The topological polar surface area (TPSA) is 49.4 Å². The van der Waals surface area contributed by atoms with Crippen molar-refractivity contribution >= 4 is 11.8 Å². The van der Waals surface area contributed by atoms with Gasteiger partial charge in [0.2, 0.25) is 11.8 Å². The molecule has 2 rings (SSSR count). The van der Waals surface area contributed by atoms with E-state index in [2.05, 4.69) is 5.32 Å². The molecule has 1 fully saturated rings. The van der Waals surface area contributed by atoms with Gasteiger partial charge >= 0.3 is 0 Å². The number of nitrogens with zero attached hydrogens (tertiary/aromatic N) is 1. The van der Waals surface area contributed by atoms with Crippen LogP contribution in [-0.4, -0.2) is 29.8 Å². The van der Waals surface area contributed by atoms with Gasteiger partial charge < -0.3 is 10.2 Å². The first-order chi connectivity index (χ1) is 7.66. The molecule has 0 saturated carbocycles. The fraction of sp³-hybridized carbons (Fsp3) is 0.333. The zero-order valence-corrected chi connectivity index (χ0v) is 9.19. The Bertz CT molecular complexity index is 429. The molecule has 0 atom stereocenters. The second-order valence-corrected chi connectivity index (χ2v) is 3.95. The zero-order chi connectivity index (χ0) is 11.5. The average molecular weight is 218 g/mol. The van der Waals surface area contributed by atoms with Gasteiger partial charge in [0.05, 0.1) is 13.1 Å². The van der Waals surface area contributed by atoms with Crippen molar-refractivity contribution in [3.63, 3.8) is 0 Å². The minimum Gasteiger partial charge on any atom is -0.345 e. The Morgan fingerprint density at radius 2 is 2.06 bits per heavy atom. The van der Waals surface area contributed by atoms with E-state index in [0.29, 0.717) is 6.54 Å². The summed E-state index contributed by atoms with van der Waals surface area (Å²) in [5, 5.41) is 2.53. The van der Waals surface area contributed by atoms with Gasteiger partial charge in [-0.05, 0) is 18.1 Å². The summed E-state index contributed by atoms with van der Waals surface area (Å²) in [4.78, 5) is 24.3. The fourth-order valence-corrected chi connectivity index (χ4v) is 1.74. The molecule has 4 heteroatoms. The summed E-state index contributed by atoms with van der Waals surface area (Å²) in [5.41, 5.74) is 2.23. The Kier molecular flexibility index (Phi) is 2.90. The standard InChI is InChI=1S/C12H14N2O2/c1-9-4-2-3-5-10(9)7-14-8-11(15)13-6-12(14)16/h2-5H,6-8H2,1H3,(H,13,15). The molecule has 1 heterocycles. The fourth-order valence-electron chi connectivity index (χ4n) is 1.74. The number of piperazine rings is 1. The molecule has 4 nitrogen and oxygen atoms in total. The first-order valence-corrected chi connectivity index (χ1v) is 5.26. The van der Waals surface area contributed by atoms with Crippen molar-refractivity contribution in [1.29, 1.82) is 0 Å². The molecule has 1 aromatic rings. The Balaban J connectivity index is 2.12. The lowest BCUT2D eigenvalue weighted by molar-refractivity contribution is -0.141. The molecule has 16 heavy (non-hydrogen) atoms. The third kappa shape index (κ3) is 2.21. The van der Waals surface area contributed by atoms with Crippen molar-refractivity contribution in [3.05, 3.63) is 35.4 Å². The number of carbonyl (C=O) groups is 2. The van der Waals surface area contributed by atoms with Crippen molar-refractivity contribution in [3.8, 4) is 0 Å². The molecular formula is C12H14N2O2. The van der Waals surface area contributed by atoms with Crippen LogP contribution in [0.25, 0.3) is 0 Å². The molecule has 1 aliphatic rings. The number of carbonyl (C=O) groups excluding carboxylic acids is 2. The highest BCUT2D eigenvalue weighted by atomic mass is 16.2. The highest BCUT2D eigenvalue weighted by Crippen LogP contribution is 2.11. The number of hydrogen-bond acceptors (Lipinski definition) is 2. The van der Waals surface area contributed by atoms with Crippen LogP contribution in [0, 0.1) is 6.92 Å². The smallest absolute Gasteiger partial charge is 0.242 e. The Morgan fingerprint density at radius 1 is 1.31 bits per heavy atom. The quantitative estimate of drug-likeness (QED) is 0.783. The van der Waals surface area contributed by atoms with Gasteiger partial charge in [-0.2, -0.15) is 0 Å². The second-order valence-electron chi connectivity index (χ2n) is 3.95. The molecule has 1 N–H and O–H groups in total. The number of aryl methyl sites for hydroxylation is 1. The van der Waals surface area contributed by atoms with E-state index in [1.165, 1.54) is 0 Å². The third-order valence-electron chi connectivity index (χ3n) is 2.75. The Hall–Kier alpha value is -1.84. The molecule has 1 aliphatic heterocycles. The predicted octanol–water partition coefficient (Wildman–Crippen LogP) is 0.453. The number of rotatable bonds is 2. The van der Waals surface area contributed by atoms with Gasteiger partial charge in [0.15, 0.2) is 0 Å². The van der Waals surface area contributed by atoms with Crippen molar-refractivity contribution in [2.75, 3.05) is 13.1 Å². The second kappa shape index (κ2) is 4.35. The van der Waals surface area contributed by atoms with Crippen LogP contribution in [-0.2, 0) is 16.1 Å². The monoisotopic (exact) mass is 218 g/mol. The first-order valence-electron chi connectivity index (χ1n) is 5.26. The summed E-state index contributed by atoms with van der Waals surface area (Å²) in [6.45, 7) is 2.79. The minimum absolute atomic E-state index is 0.0251. The highest BCUT2D eigenvalue weighted by molar-refractivity contribution is 5.92. The number of nitrogens with one attached hydrogen (secondary N) is 1. The molecule has 0 radical (unpaired) electrons. The van der Waals surface area contributed by atoms with E-state index in [1.807, 2.05) is 31.2 Å². The van der Waals surface area contributed by atoms with Crippen molar-refractivity contribution in [1.82, 2.24) is 10.2 Å². The van der Waals surface area contributed by atoms with E-state index >= 15 is 0 Å². The van der Waals surface area contributed by atoms with Gasteiger partial charge in [-0.1, -0.05) is 24.3 Å². The molecule has 1 aromatic carbocycles. The summed E-state index contributed by atoms with van der Waals surface area (Å²) in [5.74, 6) is -0.115. The Labute approximate surface area is 94.2 Å². The molecular weight excluding hydrogens is 204 g/mol. The molecule has 0 bridgehead atoms. The molecule has 84 valence electrons. The zero-order valence-electron chi connectivity index (χ0n) is 9.19. The van der Waals surface area contributed by atoms with E-state index in [-0.39, 0.29) is 24.9 Å². The predicted molar refractivity (Wildman–Crippen MR) is 59.6 cm³/mol. The largest absolute Gasteiger partial charge is 0.345 e. The summed E-state index contributed by atoms with van der Waals surface area (Å²) in [6, 6.07) is 7.89. The molecule has 2 amide bonds. The van der Waals surface area contributed by atoms with Crippen LogP contribution in [0.1, 0.15) is 11.1 Å². The van der Waals surface area contributed by atoms with E-state index in [1.54, 1.807) is 4.90 Å². The van der Waals surface area contributed by atoms with Gasteiger partial charge in [-0.3, -0.25) is 9.59 Å². The normalized spacial score (nSPS) is 16.2. The van der Waals surface area contributed by atoms with Crippen LogP contribution < -0.4 is 5.32 Å².